The lowest BCUT2D eigenvalue weighted by Gasteiger charge is -2.25. The van der Waals surface area contributed by atoms with Crippen LogP contribution in [0.15, 0.2) is 0 Å². The molecule has 5 heteroatoms. The molecule has 0 unspecified atom stereocenters. The van der Waals surface area contributed by atoms with Gasteiger partial charge >= 0.3 is 0 Å². The van der Waals surface area contributed by atoms with Gasteiger partial charge in [-0.1, -0.05) is 0 Å². The summed E-state index contributed by atoms with van der Waals surface area (Å²) in [5.74, 6) is 2.47. The van der Waals surface area contributed by atoms with Crippen molar-refractivity contribution in [3.05, 3.63) is 11.4 Å². The number of rotatable bonds is 6. The average Bonchev–Trinajstić information content (AvgIpc) is 2.29. The monoisotopic (exact) mass is 252 g/mol. The second kappa shape index (κ2) is 6.00. The molecule has 0 radical (unpaired) electrons. The van der Waals surface area contributed by atoms with Crippen LogP contribution in [0.3, 0.4) is 0 Å². The Kier molecular flexibility index (Phi) is 4.90. The number of hydrogen-bond donors (Lipinski definition) is 2. The van der Waals surface area contributed by atoms with E-state index in [0.717, 1.165) is 23.0 Å². The second-order valence-corrected chi connectivity index (χ2v) is 4.89. The van der Waals surface area contributed by atoms with Gasteiger partial charge in [-0.05, 0) is 34.6 Å². The van der Waals surface area contributed by atoms with Crippen molar-refractivity contribution in [1.82, 2.24) is 9.97 Å². The van der Waals surface area contributed by atoms with Gasteiger partial charge in [0, 0.05) is 25.8 Å². The summed E-state index contributed by atoms with van der Waals surface area (Å²) in [5.41, 5.74) is 0.815. The first kappa shape index (κ1) is 14.7. The Balaban J connectivity index is 2.82. The molecule has 102 valence electrons. The van der Waals surface area contributed by atoms with Crippen LogP contribution in [0.25, 0.3) is 0 Å². The number of aromatic nitrogens is 2. The highest BCUT2D eigenvalue weighted by Gasteiger charge is 2.18. The average molecular weight is 252 g/mol. The van der Waals surface area contributed by atoms with Crippen molar-refractivity contribution in [2.45, 2.75) is 40.2 Å². The molecular formula is C13H24N4O. The molecule has 1 heterocycles. The summed E-state index contributed by atoms with van der Waals surface area (Å²) >= 11 is 0. The smallest absolute Gasteiger partial charge is 0.134 e. The minimum absolute atomic E-state index is 0.208. The SMILES string of the molecule is CCOC(C)(C)CNc1nc(C)nc(NC)c1C. The molecular weight excluding hydrogens is 228 g/mol. The van der Waals surface area contributed by atoms with Crippen LogP contribution in [0, 0.1) is 13.8 Å². The van der Waals surface area contributed by atoms with Gasteiger partial charge in [-0.2, -0.15) is 0 Å². The summed E-state index contributed by atoms with van der Waals surface area (Å²) in [4.78, 5) is 8.77. The molecule has 18 heavy (non-hydrogen) atoms. The van der Waals surface area contributed by atoms with Crippen LogP contribution in [0.2, 0.25) is 0 Å². The summed E-state index contributed by atoms with van der Waals surface area (Å²) in [6, 6.07) is 0. The fraction of sp³-hybridized carbons (Fsp3) is 0.692. The molecule has 0 fully saturated rings. The predicted molar refractivity (Wildman–Crippen MR) is 75.2 cm³/mol. The van der Waals surface area contributed by atoms with Crippen molar-refractivity contribution in [3.8, 4) is 0 Å². The highest BCUT2D eigenvalue weighted by atomic mass is 16.5. The molecule has 0 saturated carbocycles. The maximum atomic E-state index is 5.66. The lowest BCUT2D eigenvalue weighted by molar-refractivity contribution is 0.000632. The highest BCUT2D eigenvalue weighted by Crippen LogP contribution is 2.20. The molecule has 0 spiro atoms. The number of hydrogen-bond acceptors (Lipinski definition) is 5. The van der Waals surface area contributed by atoms with E-state index in [1.807, 2.05) is 27.8 Å². The summed E-state index contributed by atoms with van der Waals surface area (Å²) in [6.07, 6.45) is 0. The van der Waals surface area contributed by atoms with Gasteiger partial charge in [-0.15, -0.1) is 0 Å². The maximum Gasteiger partial charge on any atom is 0.134 e. The lowest BCUT2D eigenvalue weighted by Crippen LogP contribution is -2.33. The molecule has 1 aromatic heterocycles. The molecule has 0 amide bonds. The molecule has 0 aliphatic carbocycles. The Labute approximate surface area is 109 Å². The van der Waals surface area contributed by atoms with Crippen molar-refractivity contribution in [3.63, 3.8) is 0 Å². The van der Waals surface area contributed by atoms with Gasteiger partial charge in [0.05, 0.1) is 5.60 Å². The molecule has 5 nitrogen and oxygen atoms in total. The number of ether oxygens (including phenoxy) is 1. The van der Waals surface area contributed by atoms with Crippen LogP contribution in [0.4, 0.5) is 11.6 Å². The van der Waals surface area contributed by atoms with Gasteiger partial charge in [0.1, 0.15) is 17.5 Å². The van der Waals surface area contributed by atoms with E-state index in [0.29, 0.717) is 13.2 Å². The number of aryl methyl sites for hydroxylation is 1. The predicted octanol–water partition coefficient (Wildman–Crippen LogP) is 2.36. The molecule has 0 bridgehead atoms. The normalized spacial score (nSPS) is 11.4. The van der Waals surface area contributed by atoms with Crippen LogP contribution in [-0.2, 0) is 4.74 Å². The molecule has 2 N–H and O–H groups in total. The fourth-order valence-electron chi connectivity index (χ4n) is 1.78. The van der Waals surface area contributed by atoms with Crippen molar-refractivity contribution in [2.24, 2.45) is 0 Å². The van der Waals surface area contributed by atoms with E-state index in [1.54, 1.807) is 0 Å². The van der Waals surface area contributed by atoms with E-state index in [-0.39, 0.29) is 5.60 Å². The minimum Gasteiger partial charge on any atom is -0.374 e. The Bertz CT molecular complexity index is 404. The molecule has 0 atom stereocenters. The third kappa shape index (κ3) is 3.84. The topological polar surface area (TPSA) is 59.1 Å². The Morgan fingerprint density at radius 3 is 2.33 bits per heavy atom. The van der Waals surface area contributed by atoms with E-state index in [4.69, 9.17) is 4.74 Å². The summed E-state index contributed by atoms with van der Waals surface area (Å²) in [6.45, 7) is 11.4. The third-order valence-electron chi connectivity index (χ3n) is 2.71. The standard InChI is InChI=1S/C13H24N4O/c1-7-18-13(4,5)8-15-12-9(2)11(14-6)16-10(3)17-12/h7-8H2,1-6H3,(H2,14,15,16,17). The quantitative estimate of drug-likeness (QED) is 0.814. The van der Waals surface area contributed by atoms with Crippen molar-refractivity contribution < 1.29 is 4.74 Å². The van der Waals surface area contributed by atoms with E-state index in [1.165, 1.54) is 0 Å². The second-order valence-electron chi connectivity index (χ2n) is 4.89. The molecule has 0 saturated heterocycles. The highest BCUT2D eigenvalue weighted by molar-refractivity contribution is 5.57. The van der Waals surface area contributed by atoms with Crippen molar-refractivity contribution in [1.29, 1.82) is 0 Å². The number of nitrogens with zero attached hydrogens (tertiary/aromatic N) is 2. The van der Waals surface area contributed by atoms with Crippen molar-refractivity contribution in [2.75, 3.05) is 30.8 Å². The first-order valence-corrected chi connectivity index (χ1v) is 6.30. The summed E-state index contributed by atoms with van der Waals surface area (Å²) in [7, 11) is 1.86. The molecule has 1 aromatic rings. The fourth-order valence-corrected chi connectivity index (χ4v) is 1.78. The zero-order valence-corrected chi connectivity index (χ0v) is 12.2. The van der Waals surface area contributed by atoms with Gasteiger partial charge < -0.3 is 15.4 Å². The zero-order chi connectivity index (χ0) is 13.8. The van der Waals surface area contributed by atoms with Crippen molar-refractivity contribution >= 4 is 11.6 Å². The minimum atomic E-state index is -0.208. The van der Waals surface area contributed by atoms with E-state index >= 15 is 0 Å². The van der Waals surface area contributed by atoms with E-state index in [9.17, 15) is 0 Å². The summed E-state index contributed by atoms with van der Waals surface area (Å²) < 4.78 is 5.66. The number of nitrogens with one attached hydrogen (secondary N) is 2. The van der Waals surface area contributed by atoms with Crippen LogP contribution in [0.5, 0.6) is 0 Å². The van der Waals surface area contributed by atoms with Gasteiger partial charge in [-0.25, -0.2) is 9.97 Å². The van der Waals surface area contributed by atoms with Crippen LogP contribution >= 0.6 is 0 Å². The maximum absolute atomic E-state index is 5.66. The third-order valence-corrected chi connectivity index (χ3v) is 2.71. The van der Waals surface area contributed by atoms with E-state index < -0.39 is 0 Å². The number of anilines is 2. The Hall–Kier alpha value is -1.36. The largest absolute Gasteiger partial charge is 0.374 e. The zero-order valence-electron chi connectivity index (χ0n) is 12.2. The van der Waals surface area contributed by atoms with Gasteiger partial charge in [-0.3, -0.25) is 0 Å². The first-order chi connectivity index (χ1) is 8.39. The molecule has 0 aliphatic rings. The van der Waals surface area contributed by atoms with Crippen LogP contribution < -0.4 is 10.6 Å². The molecule has 0 aliphatic heterocycles. The first-order valence-electron chi connectivity index (χ1n) is 6.30. The van der Waals surface area contributed by atoms with Crippen LogP contribution in [0.1, 0.15) is 32.2 Å². The molecule has 0 aromatic carbocycles. The Morgan fingerprint density at radius 1 is 1.17 bits per heavy atom. The molecule has 1 rings (SSSR count). The van der Waals surface area contributed by atoms with Crippen LogP contribution in [-0.4, -0.2) is 35.8 Å². The van der Waals surface area contributed by atoms with Gasteiger partial charge in [0.25, 0.3) is 0 Å². The van der Waals surface area contributed by atoms with E-state index in [2.05, 4.69) is 34.4 Å². The Morgan fingerprint density at radius 2 is 1.78 bits per heavy atom. The van der Waals surface area contributed by atoms with Gasteiger partial charge in [0.2, 0.25) is 0 Å². The lowest BCUT2D eigenvalue weighted by atomic mass is 10.1. The van der Waals surface area contributed by atoms with Gasteiger partial charge in [0.15, 0.2) is 0 Å². The summed E-state index contributed by atoms with van der Waals surface area (Å²) in [5, 5.41) is 6.41.